The van der Waals surface area contributed by atoms with Crippen LogP contribution in [-0.4, -0.2) is 18.3 Å². The van der Waals surface area contributed by atoms with Gasteiger partial charge >= 0.3 is 0 Å². The molecule has 10 nitrogen and oxygen atoms in total. The second-order valence-electron chi connectivity index (χ2n) is 24.3. The SMILES string of the molecule is N#Cc1cc(-n2c3ccccc3c3c4ccccc4ccc32)c(-n2c3ccccc3c3c4ccc(-c5ccc6c(c5)oc5c6ccc6c5c5ccccc5n6-c5cc(C#N)c(C#N)cc5-n5c6ccccc6c6c7oc8ccccc8c7ccc65)cc4ccc32)cc1C#N. The van der Waals surface area contributed by atoms with Gasteiger partial charge < -0.3 is 27.1 Å². The van der Waals surface area contributed by atoms with E-state index in [1.165, 1.54) is 0 Å². The molecule has 0 unspecified atom stereocenters. The van der Waals surface area contributed by atoms with Gasteiger partial charge in [-0.15, -0.1) is 0 Å². The van der Waals surface area contributed by atoms with Crippen molar-refractivity contribution in [2.24, 2.45) is 0 Å². The zero-order valence-corrected chi connectivity index (χ0v) is 49.6. The van der Waals surface area contributed by atoms with Crippen LogP contribution in [-0.2, 0) is 0 Å². The van der Waals surface area contributed by atoms with Crippen molar-refractivity contribution in [2.45, 2.75) is 0 Å². The summed E-state index contributed by atoms with van der Waals surface area (Å²) in [6, 6.07) is 97.3. The summed E-state index contributed by atoms with van der Waals surface area (Å²) >= 11 is 0. The smallest absolute Gasteiger partial charge is 0.145 e. The average molecular weight is 1200 g/mol. The molecule has 0 aliphatic rings. The van der Waals surface area contributed by atoms with Gasteiger partial charge in [0.15, 0.2) is 0 Å². The molecule has 0 radical (unpaired) electrons. The third kappa shape index (κ3) is 6.81. The van der Waals surface area contributed by atoms with Crippen LogP contribution in [0.4, 0.5) is 0 Å². The number of fused-ring (bicyclic) bond motifs is 24. The molecule has 0 saturated heterocycles. The molecule has 0 N–H and O–H groups in total. The Kier molecular flexibility index (Phi) is 10.3. The van der Waals surface area contributed by atoms with E-state index in [4.69, 9.17) is 8.83 Å². The van der Waals surface area contributed by atoms with E-state index in [1.54, 1.807) is 0 Å². The van der Waals surface area contributed by atoms with Crippen molar-refractivity contribution >= 4 is 153 Å². The molecule has 94 heavy (non-hydrogen) atoms. The minimum atomic E-state index is 0.271. The first-order chi connectivity index (χ1) is 46.5. The number of hydrogen-bond acceptors (Lipinski definition) is 6. The van der Waals surface area contributed by atoms with E-state index in [-0.39, 0.29) is 11.1 Å². The van der Waals surface area contributed by atoms with Gasteiger partial charge in [-0.3, -0.25) is 0 Å². The number of rotatable bonds is 5. The van der Waals surface area contributed by atoms with Crippen LogP contribution in [0.3, 0.4) is 0 Å². The molecular weight excluding hydrogens is 1150 g/mol. The normalized spacial score (nSPS) is 12.0. The second-order valence-corrected chi connectivity index (χ2v) is 24.3. The Morgan fingerprint density at radius 1 is 0.234 bits per heavy atom. The minimum absolute atomic E-state index is 0.271. The van der Waals surface area contributed by atoms with Gasteiger partial charge in [0.05, 0.1) is 99.9 Å². The van der Waals surface area contributed by atoms with Gasteiger partial charge in [-0.1, -0.05) is 146 Å². The Bertz CT molecular complexity index is 7050. The standard InChI is InChI=1S/C84H42N8O2/c85-43-51-38-73(89-65-20-8-3-16-61(65)79-55-14-2-1-13-47(55)27-33-69(79)89)74(39-52(51)44-86)90-66-21-9-4-17-62(66)80-56-29-25-48(37-50(56)28-34-70(80)90)49-26-30-58-60-32-36-72-82(84(60)94-78(58)42-49)64-19-6-11-23-68(64)92(72)76-41-54(46-88)53(45-87)40-75(76)91-67-22-10-5-18-63(67)81-71(91)35-31-59-57-15-7-12-24-77(57)93-83(59)81/h1-42H. The van der Waals surface area contributed by atoms with E-state index < -0.39 is 0 Å². The van der Waals surface area contributed by atoms with Gasteiger partial charge in [0.25, 0.3) is 0 Å². The van der Waals surface area contributed by atoms with E-state index >= 15 is 0 Å². The van der Waals surface area contributed by atoms with E-state index in [0.29, 0.717) is 11.1 Å². The van der Waals surface area contributed by atoms with E-state index in [2.05, 4.69) is 231 Å². The highest BCUT2D eigenvalue weighted by molar-refractivity contribution is 6.27. The summed E-state index contributed by atoms with van der Waals surface area (Å²) < 4.78 is 22.8. The molecule has 14 aromatic carbocycles. The number of nitrogens with zero attached hydrogens (tertiary/aromatic N) is 8. The quantitative estimate of drug-likeness (QED) is 0.168. The first-order valence-electron chi connectivity index (χ1n) is 31.0. The summed E-state index contributed by atoms with van der Waals surface area (Å²) in [5, 5.41) is 59.4. The van der Waals surface area contributed by atoms with Crippen LogP contribution in [0, 0.1) is 45.3 Å². The summed E-state index contributed by atoms with van der Waals surface area (Å²) in [4.78, 5) is 0. The fourth-order valence-corrected chi connectivity index (χ4v) is 15.7. The summed E-state index contributed by atoms with van der Waals surface area (Å²) in [6.45, 7) is 0. The highest BCUT2D eigenvalue weighted by atomic mass is 16.3. The van der Waals surface area contributed by atoms with Gasteiger partial charge in [0, 0.05) is 53.9 Å². The van der Waals surface area contributed by atoms with Gasteiger partial charge in [-0.05, 0) is 142 Å². The number of para-hydroxylation sites is 5. The first-order valence-corrected chi connectivity index (χ1v) is 31.0. The highest BCUT2D eigenvalue weighted by Crippen LogP contribution is 2.48. The van der Waals surface area contributed by atoms with Gasteiger partial charge in [-0.25, -0.2) is 0 Å². The lowest BCUT2D eigenvalue weighted by molar-refractivity contribution is 0.672. The van der Waals surface area contributed by atoms with Crippen LogP contribution in [0.5, 0.6) is 0 Å². The van der Waals surface area contributed by atoms with Crippen molar-refractivity contribution in [1.29, 1.82) is 21.0 Å². The lowest BCUT2D eigenvalue weighted by Crippen LogP contribution is -2.05. The summed E-state index contributed by atoms with van der Waals surface area (Å²) in [7, 11) is 0. The maximum Gasteiger partial charge on any atom is 0.145 e. The Morgan fingerprint density at radius 2 is 0.564 bits per heavy atom. The monoisotopic (exact) mass is 1190 g/mol. The molecule has 0 spiro atoms. The fourth-order valence-electron chi connectivity index (χ4n) is 15.7. The summed E-state index contributed by atoms with van der Waals surface area (Å²) in [5.41, 5.74) is 16.9. The molecule has 10 heteroatoms. The zero-order valence-electron chi connectivity index (χ0n) is 49.6. The molecule has 20 rings (SSSR count). The lowest BCUT2D eigenvalue weighted by Gasteiger charge is -2.18. The molecule has 0 saturated carbocycles. The Balaban J connectivity index is 0.749. The van der Waals surface area contributed by atoms with Crippen LogP contribution in [0.2, 0.25) is 0 Å². The van der Waals surface area contributed by atoms with Crippen LogP contribution in [0.25, 0.3) is 187 Å². The second kappa shape index (κ2) is 18.9. The largest absolute Gasteiger partial charge is 0.455 e. The van der Waals surface area contributed by atoms with Gasteiger partial charge in [-0.2, -0.15) is 21.0 Å². The molecule has 0 aliphatic heterocycles. The maximum absolute atomic E-state index is 10.7. The molecule has 0 fully saturated rings. The zero-order chi connectivity index (χ0) is 62.2. The topological polar surface area (TPSA) is 141 Å². The molecule has 6 aromatic heterocycles. The third-order valence-electron chi connectivity index (χ3n) is 19.7. The van der Waals surface area contributed by atoms with Crippen LogP contribution in [0.15, 0.2) is 264 Å². The predicted octanol–water partition coefficient (Wildman–Crippen LogP) is 21.3. The maximum atomic E-state index is 10.7. The number of nitriles is 4. The minimum Gasteiger partial charge on any atom is -0.455 e. The highest BCUT2D eigenvalue weighted by Gasteiger charge is 2.28. The molecular formula is C84H42N8O2. The van der Waals surface area contributed by atoms with Crippen molar-refractivity contribution in [3.05, 3.63) is 277 Å². The number of furan rings is 2. The summed E-state index contributed by atoms with van der Waals surface area (Å²) in [6.07, 6.45) is 0. The van der Waals surface area contributed by atoms with Crippen LogP contribution in [0.1, 0.15) is 22.3 Å². The van der Waals surface area contributed by atoms with E-state index in [9.17, 15) is 21.0 Å². The number of hydrogen-bond donors (Lipinski definition) is 0. The molecule has 430 valence electrons. The van der Waals surface area contributed by atoms with E-state index in [0.717, 1.165) is 187 Å². The van der Waals surface area contributed by atoms with Crippen LogP contribution < -0.4 is 0 Å². The third-order valence-corrected chi connectivity index (χ3v) is 19.7. The van der Waals surface area contributed by atoms with Crippen molar-refractivity contribution in [1.82, 2.24) is 18.3 Å². The average Bonchev–Trinajstić information content (AvgIpc) is 1.56. The van der Waals surface area contributed by atoms with Crippen molar-refractivity contribution in [2.75, 3.05) is 0 Å². The van der Waals surface area contributed by atoms with Crippen molar-refractivity contribution < 1.29 is 8.83 Å². The predicted molar refractivity (Wildman–Crippen MR) is 378 cm³/mol. The van der Waals surface area contributed by atoms with E-state index in [1.807, 2.05) is 66.7 Å². The first kappa shape index (κ1) is 51.3. The van der Waals surface area contributed by atoms with Crippen LogP contribution >= 0.6 is 0 Å². The van der Waals surface area contributed by atoms with Gasteiger partial charge in [0.2, 0.25) is 0 Å². The molecule has 0 atom stereocenters. The number of aromatic nitrogens is 4. The summed E-state index contributed by atoms with van der Waals surface area (Å²) in [5.74, 6) is 0. The molecule has 0 amide bonds. The molecule has 6 heterocycles. The molecule has 0 bridgehead atoms. The fraction of sp³-hybridized carbons (Fsp3) is 0. The lowest BCUT2D eigenvalue weighted by atomic mass is 9.97. The molecule has 0 aliphatic carbocycles. The van der Waals surface area contributed by atoms with Crippen molar-refractivity contribution in [3.8, 4) is 58.2 Å². The Morgan fingerprint density at radius 3 is 1.04 bits per heavy atom. The Labute approximate surface area is 533 Å². The Hall–Kier alpha value is -13.6. The van der Waals surface area contributed by atoms with Gasteiger partial charge in [0.1, 0.15) is 46.6 Å². The molecule has 20 aromatic rings. The number of benzene rings is 14. The van der Waals surface area contributed by atoms with Crippen molar-refractivity contribution in [3.63, 3.8) is 0 Å².